The molecule has 2 saturated heterocycles. The molecule has 7 heteroatoms. The van der Waals surface area contributed by atoms with Crippen LogP contribution >= 0.6 is 12.4 Å². The first kappa shape index (κ1) is 18.2. The van der Waals surface area contributed by atoms with Crippen molar-refractivity contribution in [3.8, 4) is 0 Å². The number of nitrogens with two attached hydrogens (primary N) is 1. The molecule has 3 unspecified atom stereocenters. The normalized spacial score (nSPS) is 31.6. The van der Waals surface area contributed by atoms with E-state index in [2.05, 4.69) is 6.92 Å². The smallest absolute Gasteiger partial charge is 0.281 e. The predicted molar refractivity (Wildman–Crippen MR) is 84.1 cm³/mol. The summed E-state index contributed by atoms with van der Waals surface area (Å²) in [6.07, 6.45) is 4.08. The van der Waals surface area contributed by atoms with Crippen molar-refractivity contribution >= 4 is 22.6 Å². The van der Waals surface area contributed by atoms with Crippen LogP contribution in [0, 0.1) is 11.8 Å². The van der Waals surface area contributed by atoms with E-state index in [1.807, 2.05) is 6.92 Å². The number of halogens is 1. The maximum atomic E-state index is 12.7. The van der Waals surface area contributed by atoms with Gasteiger partial charge in [-0.05, 0) is 44.4 Å². The van der Waals surface area contributed by atoms with Gasteiger partial charge in [0.2, 0.25) is 0 Å². The highest BCUT2D eigenvalue weighted by Gasteiger charge is 2.36. The molecule has 0 spiro atoms. The summed E-state index contributed by atoms with van der Waals surface area (Å²) >= 11 is 0. The van der Waals surface area contributed by atoms with Crippen LogP contribution < -0.4 is 5.73 Å². The molecular weight excluding hydrogens is 298 g/mol. The van der Waals surface area contributed by atoms with Gasteiger partial charge >= 0.3 is 0 Å². The van der Waals surface area contributed by atoms with E-state index in [1.54, 1.807) is 8.61 Å². The van der Waals surface area contributed by atoms with Crippen LogP contribution in [-0.2, 0) is 10.2 Å². The Labute approximate surface area is 129 Å². The molecule has 120 valence electrons. The second kappa shape index (κ2) is 7.40. The van der Waals surface area contributed by atoms with E-state index in [9.17, 15) is 8.42 Å². The lowest BCUT2D eigenvalue weighted by atomic mass is 9.93. The summed E-state index contributed by atoms with van der Waals surface area (Å²) in [7, 11) is -3.27. The standard InChI is InChI=1S/C13H27N3O2S.ClH/c1-11-5-3-7-15(9-11)19(17,18)16-8-4-6-13(10-16)12(2)14;/h11-13H,3-10,14H2,1-2H3;1H. The first-order valence-corrected chi connectivity index (χ1v) is 8.81. The summed E-state index contributed by atoms with van der Waals surface area (Å²) in [6.45, 7) is 6.68. The maximum absolute atomic E-state index is 12.7. The number of hydrogen-bond donors (Lipinski definition) is 1. The van der Waals surface area contributed by atoms with Crippen LogP contribution in [0.2, 0.25) is 0 Å². The zero-order valence-corrected chi connectivity index (χ0v) is 14.1. The van der Waals surface area contributed by atoms with Gasteiger partial charge in [0.05, 0.1) is 0 Å². The third kappa shape index (κ3) is 4.07. The minimum atomic E-state index is -3.27. The molecule has 0 aromatic rings. The monoisotopic (exact) mass is 325 g/mol. The molecule has 2 aliphatic heterocycles. The zero-order chi connectivity index (χ0) is 14.0. The molecule has 5 nitrogen and oxygen atoms in total. The molecule has 0 bridgehead atoms. The Kier molecular flexibility index (Phi) is 6.73. The number of rotatable bonds is 3. The van der Waals surface area contributed by atoms with Crippen LogP contribution in [0.4, 0.5) is 0 Å². The van der Waals surface area contributed by atoms with Crippen LogP contribution in [0.25, 0.3) is 0 Å². The van der Waals surface area contributed by atoms with E-state index in [0.29, 0.717) is 38.0 Å². The van der Waals surface area contributed by atoms with Gasteiger partial charge in [0.15, 0.2) is 0 Å². The van der Waals surface area contributed by atoms with E-state index < -0.39 is 10.2 Å². The number of nitrogens with zero attached hydrogens (tertiary/aromatic N) is 2. The minimum absolute atomic E-state index is 0. The molecule has 0 aromatic carbocycles. The van der Waals surface area contributed by atoms with Gasteiger partial charge < -0.3 is 5.73 Å². The van der Waals surface area contributed by atoms with Gasteiger partial charge in [0.25, 0.3) is 10.2 Å². The van der Waals surface area contributed by atoms with Crippen LogP contribution in [0.15, 0.2) is 0 Å². The van der Waals surface area contributed by atoms with Crippen molar-refractivity contribution in [2.45, 2.75) is 45.6 Å². The van der Waals surface area contributed by atoms with Crippen LogP contribution in [-0.4, -0.2) is 49.2 Å². The third-order valence-corrected chi connectivity index (χ3v) is 6.40. The highest BCUT2D eigenvalue weighted by molar-refractivity contribution is 7.86. The molecule has 20 heavy (non-hydrogen) atoms. The molecule has 3 atom stereocenters. The van der Waals surface area contributed by atoms with E-state index in [1.165, 1.54) is 0 Å². The van der Waals surface area contributed by atoms with Gasteiger partial charge in [-0.15, -0.1) is 12.4 Å². The van der Waals surface area contributed by atoms with Crippen LogP contribution in [0.5, 0.6) is 0 Å². The Hall–Kier alpha value is 0.120. The highest BCUT2D eigenvalue weighted by atomic mass is 35.5. The van der Waals surface area contributed by atoms with Crippen LogP contribution in [0.3, 0.4) is 0 Å². The largest absolute Gasteiger partial charge is 0.328 e. The molecule has 0 aliphatic carbocycles. The minimum Gasteiger partial charge on any atom is -0.328 e. The predicted octanol–water partition coefficient (Wildman–Crippen LogP) is 1.44. The second-order valence-electron chi connectivity index (χ2n) is 6.23. The van der Waals surface area contributed by atoms with Crippen molar-refractivity contribution in [3.05, 3.63) is 0 Å². The molecule has 2 fully saturated rings. The van der Waals surface area contributed by atoms with Gasteiger partial charge in [0.1, 0.15) is 0 Å². The van der Waals surface area contributed by atoms with E-state index in [0.717, 1.165) is 25.7 Å². The number of hydrogen-bond acceptors (Lipinski definition) is 3. The average molecular weight is 326 g/mol. The summed E-state index contributed by atoms with van der Waals surface area (Å²) in [5, 5.41) is 0. The summed E-state index contributed by atoms with van der Waals surface area (Å²) < 4.78 is 28.7. The molecule has 2 heterocycles. The lowest BCUT2D eigenvalue weighted by Gasteiger charge is -2.38. The molecule has 0 radical (unpaired) electrons. The van der Waals surface area contributed by atoms with Crippen molar-refractivity contribution in [1.29, 1.82) is 0 Å². The number of piperidine rings is 2. The van der Waals surface area contributed by atoms with Crippen molar-refractivity contribution in [3.63, 3.8) is 0 Å². The summed E-state index contributed by atoms with van der Waals surface area (Å²) in [4.78, 5) is 0. The zero-order valence-electron chi connectivity index (χ0n) is 12.5. The van der Waals surface area contributed by atoms with E-state index >= 15 is 0 Å². The molecule has 2 aliphatic rings. The summed E-state index contributed by atoms with van der Waals surface area (Å²) in [5.41, 5.74) is 5.94. The first-order chi connectivity index (χ1) is 8.91. The molecule has 0 aromatic heterocycles. The third-order valence-electron chi connectivity index (χ3n) is 4.44. The summed E-state index contributed by atoms with van der Waals surface area (Å²) in [6, 6.07) is 0.0679. The summed E-state index contributed by atoms with van der Waals surface area (Å²) in [5.74, 6) is 0.767. The van der Waals surface area contributed by atoms with Gasteiger partial charge in [-0.3, -0.25) is 0 Å². The Balaban J connectivity index is 0.00000200. The molecular formula is C13H28ClN3O2S. The Morgan fingerprint density at radius 3 is 2.20 bits per heavy atom. The molecule has 2 N–H and O–H groups in total. The first-order valence-electron chi connectivity index (χ1n) is 7.42. The lowest BCUT2D eigenvalue weighted by molar-refractivity contribution is 0.211. The Bertz CT molecular complexity index is 402. The highest BCUT2D eigenvalue weighted by Crippen LogP contribution is 2.25. The fourth-order valence-electron chi connectivity index (χ4n) is 3.13. The molecule has 0 saturated carbocycles. The van der Waals surface area contributed by atoms with Crippen LogP contribution in [0.1, 0.15) is 39.5 Å². The van der Waals surface area contributed by atoms with Crippen molar-refractivity contribution < 1.29 is 8.42 Å². The fraction of sp³-hybridized carbons (Fsp3) is 1.00. The average Bonchev–Trinajstić information content (AvgIpc) is 2.39. The quantitative estimate of drug-likeness (QED) is 0.854. The Morgan fingerprint density at radius 2 is 1.65 bits per heavy atom. The van der Waals surface area contributed by atoms with E-state index in [-0.39, 0.29) is 18.4 Å². The second-order valence-corrected chi connectivity index (χ2v) is 8.16. The topological polar surface area (TPSA) is 66.6 Å². The molecule has 0 amide bonds. The van der Waals surface area contributed by atoms with Gasteiger partial charge in [0, 0.05) is 32.2 Å². The lowest BCUT2D eigenvalue weighted by Crippen LogP contribution is -2.52. The van der Waals surface area contributed by atoms with E-state index in [4.69, 9.17) is 5.73 Å². The molecule has 2 rings (SSSR count). The van der Waals surface area contributed by atoms with Gasteiger partial charge in [-0.2, -0.15) is 17.0 Å². The van der Waals surface area contributed by atoms with Crippen molar-refractivity contribution in [2.75, 3.05) is 26.2 Å². The van der Waals surface area contributed by atoms with Crippen molar-refractivity contribution in [2.24, 2.45) is 17.6 Å². The van der Waals surface area contributed by atoms with Gasteiger partial charge in [-0.25, -0.2) is 0 Å². The fourth-order valence-corrected chi connectivity index (χ4v) is 5.00. The Morgan fingerprint density at radius 1 is 1.10 bits per heavy atom. The maximum Gasteiger partial charge on any atom is 0.281 e. The van der Waals surface area contributed by atoms with Gasteiger partial charge in [-0.1, -0.05) is 6.92 Å². The SMILES string of the molecule is CC1CCCN(S(=O)(=O)N2CCCC(C(C)N)C2)C1.Cl. The van der Waals surface area contributed by atoms with Crippen molar-refractivity contribution in [1.82, 2.24) is 8.61 Å².